The number of rotatable bonds is 5. The maximum Gasteiger partial charge on any atom is 0.290 e. The van der Waals surface area contributed by atoms with Gasteiger partial charge in [0, 0.05) is 39.0 Å². The minimum Gasteiger partial charge on any atom is -0.483 e. The summed E-state index contributed by atoms with van der Waals surface area (Å²) in [6, 6.07) is 3.34. The monoisotopic (exact) mass is 385 g/mol. The van der Waals surface area contributed by atoms with Crippen molar-refractivity contribution in [2.24, 2.45) is 5.92 Å². The van der Waals surface area contributed by atoms with Crippen LogP contribution in [0.3, 0.4) is 0 Å². The van der Waals surface area contributed by atoms with Crippen molar-refractivity contribution in [2.45, 2.75) is 37.5 Å². The number of amides is 1. The molecule has 7 nitrogen and oxygen atoms in total. The second-order valence-electron chi connectivity index (χ2n) is 8.03. The van der Waals surface area contributed by atoms with E-state index in [2.05, 4.69) is 4.98 Å². The van der Waals surface area contributed by atoms with Crippen LogP contribution in [-0.2, 0) is 19.1 Å². The summed E-state index contributed by atoms with van der Waals surface area (Å²) in [5, 5.41) is 0. The highest BCUT2D eigenvalue weighted by Crippen LogP contribution is 2.46. The van der Waals surface area contributed by atoms with Gasteiger partial charge in [-0.1, -0.05) is 0 Å². The number of carbonyl (C=O) groups is 2. The maximum atomic E-state index is 13.5. The molecule has 2 aliphatic heterocycles. The van der Waals surface area contributed by atoms with E-state index in [1.165, 1.54) is 0 Å². The molecule has 0 spiro atoms. The highest BCUT2D eigenvalue weighted by Gasteiger charge is 2.52. The highest BCUT2D eigenvalue weighted by atomic mass is 16.5. The maximum absolute atomic E-state index is 13.5. The first kappa shape index (κ1) is 19.1. The summed E-state index contributed by atoms with van der Waals surface area (Å²) < 4.78 is 11.7. The van der Waals surface area contributed by atoms with Crippen LogP contribution >= 0.6 is 0 Å². The average Bonchev–Trinajstić information content (AvgIpc) is 2.99. The second kappa shape index (κ2) is 7.64. The number of ketones is 1. The topological polar surface area (TPSA) is 72.0 Å². The molecule has 1 saturated carbocycles. The average molecular weight is 385 g/mol. The number of hydrogen-bond acceptors (Lipinski definition) is 6. The van der Waals surface area contributed by atoms with E-state index in [0.29, 0.717) is 25.1 Å². The number of likely N-dealkylation sites (N-methyl/N-ethyl adjacent to an activating group) is 1. The molecular formula is C21H27N3O4. The normalized spacial score (nSPS) is 29.8. The van der Waals surface area contributed by atoms with Gasteiger partial charge < -0.3 is 19.3 Å². The molecule has 4 atom stereocenters. The molecule has 0 bridgehead atoms. The van der Waals surface area contributed by atoms with Gasteiger partial charge in [-0.2, -0.15) is 0 Å². The van der Waals surface area contributed by atoms with Crippen LogP contribution in [-0.4, -0.2) is 73.0 Å². The lowest BCUT2D eigenvalue weighted by Gasteiger charge is -2.38. The lowest BCUT2D eigenvalue weighted by atomic mass is 9.76. The van der Waals surface area contributed by atoms with Gasteiger partial charge in [0.1, 0.15) is 6.10 Å². The number of aromatic nitrogens is 1. The van der Waals surface area contributed by atoms with E-state index < -0.39 is 6.04 Å². The fourth-order valence-electron chi connectivity index (χ4n) is 4.52. The summed E-state index contributed by atoms with van der Waals surface area (Å²) >= 11 is 0. The number of pyridine rings is 1. The minimum atomic E-state index is -0.404. The first-order chi connectivity index (χ1) is 13.5. The molecule has 1 amide bonds. The number of fused-ring (bicyclic) bond motifs is 1. The Morgan fingerprint density at radius 2 is 2.00 bits per heavy atom. The Bertz CT molecular complexity index is 792. The van der Waals surface area contributed by atoms with Gasteiger partial charge in [-0.15, -0.1) is 0 Å². The SMILES string of the molecule is COC1CCC2C(=O)C3=C(OC2C1)C(=O)N(CCN(C)C)C3c1ccncc1. The molecule has 0 saturated heterocycles. The van der Waals surface area contributed by atoms with Gasteiger partial charge in [-0.05, 0) is 44.6 Å². The third-order valence-corrected chi connectivity index (χ3v) is 6.04. The number of methoxy groups -OCH3 is 1. The van der Waals surface area contributed by atoms with E-state index in [0.717, 1.165) is 18.4 Å². The molecule has 1 aromatic rings. The third kappa shape index (κ3) is 3.22. The van der Waals surface area contributed by atoms with Gasteiger partial charge in [0.2, 0.25) is 0 Å². The molecule has 3 aliphatic rings. The number of carbonyl (C=O) groups excluding carboxylic acids is 2. The molecular weight excluding hydrogens is 358 g/mol. The molecule has 4 rings (SSSR count). The molecule has 1 aromatic heterocycles. The zero-order valence-corrected chi connectivity index (χ0v) is 16.6. The summed E-state index contributed by atoms with van der Waals surface area (Å²) in [7, 11) is 5.62. The van der Waals surface area contributed by atoms with Crippen molar-refractivity contribution >= 4 is 11.7 Å². The molecule has 28 heavy (non-hydrogen) atoms. The molecule has 0 aromatic carbocycles. The molecule has 7 heteroatoms. The van der Waals surface area contributed by atoms with Crippen molar-refractivity contribution in [1.82, 2.24) is 14.8 Å². The van der Waals surface area contributed by atoms with Crippen LogP contribution in [0.15, 0.2) is 35.9 Å². The van der Waals surface area contributed by atoms with Gasteiger partial charge >= 0.3 is 0 Å². The van der Waals surface area contributed by atoms with E-state index in [1.54, 1.807) is 24.4 Å². The molecule has 1 fully saturated rings. The Hall–Kier alpha value is -2.25. The van der Waals surface area contributed by atoms with Crippen LogP contribution < -0.4 is 0 Å². The van der Waals surface area contributed by atoms with Gasteiger partial charge in [-0.25, -0.2) is 0 Å². The first-order valence-corrected chi connectivity index (χ1v) is 9.84. The predicted molar refractivity (Wildman–Crippen MR) is 102 cm³/mol. The Balaban J connectivity index is 1.71. The van der Waals surface area contributed by atoms with Crippen LogP contribution in [0, 0.1) is 5.92 Å². The van der Waals surface area contributed by atoms with Crippen LogP contribution in [0.4, 0.5) is 0 Å². The van der Waals surface area contributed by atoms with Gasteiger partial charge in [0.25, 0.3) is 5.91 Å². The number of ether oxygens (including phenoxy) is 2. The summed E-state index contributed by atoms with van der Waals surface area (Å²) in [5.41, 5.74) is 1.42. The fraction of sp³-hybridized carbons (Fsp3) is 0.571. The van der Waals surface area contributed by atoms with Crippen molar-refractivity contribution in [3.05, 3.63) is 41.4 Å². The lowest BCUT2D eigenvalue weighted by Crippen LogP contribution is -2.43. The molecule has 4 unspecified atom stereocenters. The third-order valence-electron chi connectivity index (χ3n) is 6.04. The lowest BCUT2D eigenvalue weighted by molar-refractivity contribution is -0.138. The zero-order chi connectivity index (χ0) is 19.8. The number of Topliss-reactive ketones (excluding diaryl/α,β-unsaturated/α-hetero) is 1. The Morgan fingerprint density at radius 3 is 2.68 bits per heavy atom. The quantitative estimate of drug-likeness (QED) is 0.766. The minimum absolute atomic E-state index is 0.0586. The van der Waals surface area contributed by atoms with E-state index in [1.807, 2.05) is 31.1 Å². The number of nitrogens with zero attached hydrogens (tertiary/aromatic N) is 3. The van der Waals surface area contributed by atoms with Crippen molar-refractivity contribution in [2.75, 3.05) is 34.3 Å². The first-order valence-electron chi connectivity index (χ1n) is 9.84. The van der Waals surface area contributed by atoms with Gasteiger partial charge in [-0.3, -0.25) is 14.6 Å². The smallest absolute Gasteiger partial charge is 0.290 e. The van der Waals surface area contributed by atoms with Crippen molar-refractivity contribution in [3.63, 3.8) is 0 Å². The van der Waals surface area contributed by atoms with Crippen molar-refractivity contribution in [3.8, 4) is 0 Å². The molecule has 0 radical (unpaired) electrons. The second-order valence-corrected chi connectivity index (χ2v) is 8.03. The Kier molecular flexibility index (Phi) is 5.21. The van der Waals surface area contributed by atoms with Crippen LogP contribution in [0.2, 0.25) is 0 Å². The summed E-state index contributed by atoms with van der Waals surface area (Å²) in [6.45, 7) is 1.24. The van der Waals surface area contributed by atoms with Crippen LogP contribution in [0.25, 0.3) is 0 Å². The van der Waals surface area contributed by atoms with Gasteiger partial charge in [0.15, 0.2) is 11.5 Å². The summed E-state index contributed by atoms with van der Waals surface area (Å²) in [6.07, 6.45) is 5.41. The molecule has 3 heterocycles. The van der Waals surface area contributed by atoms with E-state index in [-0.39, 0.29) is 35.6 Å². The highest BCUT2D eigenvalue weighted by molar-refractivity contribution is 6.11. The fourth-order valence-corrected chi connectivity index (χ4v) is 4.52. The largest absolute Gasteiger partial charge is 0.483 e. The van der Waals surface area contributed by atoms with Crippen LogP contribution in [0.5, 0.6) is 0 Å². The van der Waals surface area contributed by atoms with Crippen molar-refractivity contribution < 1.29 is 19.1 Å². The Labute approximate surface area is 165 Å². The van der Waals surface area contributed by atoms with E-state index in [9.17, 15) is 9.59 Å². The van der Waals surface area contributed by atoms with Crippen molar-refractivity contribution in [1.29, 1.82) is 0 Å². The van der Waals surface area contributed by atoms with E-state index >= 15 is 0 Å². The molecule has 0 N–H and O–H groups in total. The standard InChI is InChI=1S/C21H27N3O4/c1-23(2)10-11-24-18(13-6-8-22-9-7-13)17-19(25)15-5-4-14(27-3)12-16(15)28-20(17)21(24)26/h6-9,14-16,18H,4-5,10-12H2,1-3H3. The van der Waals surface area contributed by atoms with E-state index in [4.69, 9.17) is 9.47 Å². The molecule has 1 aliphatic carbocycles. The summed E-state index contributed by atoms with van der Waals surface area (Å²) in [5.74, 6) is -0.0898. The van der Waals surface area contributed by atoms with Gasteiger partial charge in [0.05, 0.1) is 23.6 Å². The zero-order valence-electron chi connectivity index (χ0n) is 16.6. The summed E-state index contributed by atoms with van der Waals surface area (Å²) in [4.78, 5) is 34.6. The predicted octanol–water partition coefficient (Wildman–Crippen LogP) is 1.56. The van der Waals surface area contributed by atoms with Crippen LogP contribution in [0.1, 0.15) is 30.9 Å². The Morgan fingerprint density at radius 1 is 1.25 bits per heavy atom. The number of hydrogen-bond donors (Lipinski definition) is 0. The molecule has 150 valence electrons.